The molecule has 0 saturated carbocycles. The summed E-state index contributed by atoms with van der Waals surface area (Å²) in [4.78, 5) is 2.17. The molecule has 0 aliphatic heterocycles. The predicted molar refractivity (Wildman–Crippen MR) is 70.7 cm³/mol. The molecule has 1 aromatic carbocycles. The van der Waals surface area contributed by atoms with Crippen molar-refractivity contribution in [2.45, 2.75) is 18.7 Å². The van der Waals surface area contributed by atoms with Crippen molar-refractivity contribution < 1.29 is 8.42 Å². The van der Waals surface area contributed by atoms with Gasteiger partial charge < -0.3 is 4.90 Å². The summed E-state index contributed by atoms with van der Waals surface area (Å²) in [6.45, 7) is 5.51. The highest BCUT2D eigenvalue weighted by Gasteiger charge is 2.10. The summed E-state index contributed by atoms with van der Waals surface area (Å²) in [6, 6.07) is 6.15. The fourth-order valence-electron chi connectivity index (χ4n) is 1.30. The normalized spacial score (nSPS) is 11.9. The zero-order valence-corrected chi connectivity index (χ0v) is 11.5. The molecule has 0 aromatic heterocycles. The van der Waals surface area contributed by atoms with Gasteiger partial charge in [-0.3, -0.25) is 0 Å². The second-order valence-corrected chi connectivity index (χ2v) is 5.78. The van der Waals surface area contributed by atoms with Crippen LogP contribution in [0.25, 0.3) is 0 Å². The van der Waals surface area contributed by atoms with E-state index >= 15 is 0 Å². The maximum absolute atomic E-state index is 11.9. The molecular weight excluding hydrogens is 258 g/mol. The Morgan fingerprint density at radius 2 is 1.71 bits per heavy atom. The highest BCUT2D eigenvalue weighted by Crippen LogP contribution is 2.16. The second kappa shape index (κ2) is 6.07. The van der Waals surface area contributed by atoms with Gasteiger partial charge in [0.05, 0.1) is 10.3 Å². The maximum Gasteiger partial charge on any atom is 0.201 e. The van der Waals surface area contributed by atoms with E-state index in [9.17, 15) is 8.42 Å². The summed E-state index contributed by atoms with van der Waals surface area (Å²) in [7, 11) is -3.37. The van der Waals surface area contributed by atoms with E-state index in [1.54, 1.807) is 18.3 Å². The third kappa shape index (κ3) is 4.06. The van der Waals surface area contributed by atoms with Crippen LogP contribution in [-0.4, -0.2) is 26.4 Å². The van der Waals surface area contributed by atoms with Crippen molar-refractivity contribution in [3.8, 4) is 0 Å². The van der Waals surface area contributed by atoms with Gasteiger partial charge in [-0.15, -0.1) is 0 Å². The van der Waals surface area contributed by atoms with Gasteiger partial charge in [0.25, 0.3) is 0 Å². The first-order valence-electron chi connectivity index (χ1n) is 5.42. The van der Waals surface area contributed by atoms with Crippen molar-refractivity contribution in [1.29, 1.82) is 0 Å². The molecular formula is C12H16ClNO2S. The van der Waals surface area contributed by atoms with Crippen LogP contribution in [0.15, 0.2) is 40.8 Å². The Morgan fingerprint density at radius 3 is 2.18 bits per heavy atom. The van der Waals surface area contributed by atoms with Gasteiger partial charge in [0.1, 0.15) is 0 Å². The first kappa shape index (κ1) is 14.1. The molecule has 94 valence electrons. The molecule has 0 atom stereocenters. The number of nitrogens with zero attached hydrogens (tertiary/aromatic N) is 1. The molecule has 17 heavy (non-hydrogen) atoms. The quantitative estimate of drug-likeness (QED) is 0.828. The summed E-state index contributed by atoms with van der Waals surface area (Å²) in [5.41, 5.74) is 0. The zero-order valence-electron chi connectivity index (χ0n) is 9.93. The lowest BCUT2D eigenvalue weighted by atomic mass is 10.4. The molecule has 0 aliphatic carbocycles. The first-order chi connectivity index (χ1) is 7.99. The molecule has 1 aromatic rings. The summed E-state index contributed by atoms with van der Waals surface area (Å²) in [5.74, 6) is 0. The van der Waals surface area contributed by atoms with E-state index in [0.717, 1.165) is 13.1 Å². The van der Waals surface area contributed by atoms with E-state index in [4.69, 9.17) is 11.6 Å². The lowest BCUT2D eigenvalue weighted by Gasteiger charge is -2.14. The van der Waals surface area contributed by atoms with Gasteiger partial charge in [-0.05, 0) is 38.1 Å². The first-order valence-corrected chi connectivity index (χ1v) is 7.35. The van der Waals surface area contributed by atoms with Gasteiger partial charge in [-0.1, -0.05) is 11.6 Å². The molecule has 0 heterocycles. The van der Waals surface area contributed by atoms with Crippen LogP contribution in [-0.2, 0) is 9.84 Å². The van der Waals surface area contributed by atoms with Crippen LogP contribution in [0.3, 0.4) is 0 Å². The van der Waals surface area contributed by atoms with E-state index in [1.807, 2.05) is 18.7 Å². The van der Waals surface area contributed by atoms with Gasteiger partial charge in [0.2, 0.25) is 9.84 Å². The van der Waals surface area contributed by atoms with E-state index < -0.39 is 9.84 Å². The number of rotatable bonds is 5. The monoisotopic (exact) mass is 273 g/mol. The Kier molecular flexibility index (Phi) is 5.02. The molecule has 0 bridgehead atoms. The minimum Gasteiger partial charge on any atom is -0.377 e. The summed E-state index contributed by atoms with van der Waals surface area (Å²) >= 11 is 5.71. The van der Waals surface area contributed by atoms with E-state index in [1.165, 1.54) is 17.5 Å². The number of halogens is 1. The van der Waals surface area contributed by atoms with Crippen molar-refractivity contribution in [2.75, 3.05) is 13.1 Å². The fraction of sp³-hybridized carbons (Fsp3) is 0.333. The third-order valence-corrected chi connectivity index (χ3v) is 4.07. The highest BCUT2D eigenvalue weighted by molar-refractivity contribution is 7.94. The van der Waals surface area contributed by atoms with E-state index in [2.05, 4.69) is 0 Å². The molecule has 0 unspecified atom stereocenters. The Labute approximate surface area is 108 Å². The number of hydrogen-bond acceptors (Lipinski definition) is 3. The molecule has 0 amide bonds. The van der Waals surface area contributed by atoms with Crippen molar-refractivity contribution in [1.82, 2.24) is 4.90 Å². The lowest BCUT2D eigenvalue weighted by molar-refractivity contribution is 0.419. The van der Waals surface area contributed by atoms with Gasteiger partial charge in [0.15, 0.2) is 0 Å². The number of hydrogen-bond donors (Lipinski definition) is 0. The molecule has 5 heteroatoms. The lowest BCUT2D eigenvalue weighted by Crippen LogP contribution is -2.15. The summed E-state index contributed by atoms with van der Waals surface area (Å²) < 4.78 is 23.8. The van der Waals surface area contributed by atoms with Crippen LogP contribution in [0, 0.1) is 0 Å². The van der Waals surface area contributed by atoms with Crippen molar-refractivity contribution >= 4 is 21.4 Å². The van der Waals surface area contributed by atoms with Crippen molar-refractivity contribution in [2.24, 2.45) is 0 Å². The third-order valence-electron chi connectivity index (χ3n) is 2.41. The van der Waals surface area contributed by atoms with Crippen LogP contribution < -0.4 is 0 Å². The fourth-order valence-corrected chi connectivity index (χ4v) is 2.43. The topological polar surface area (TPSA) is 37.4 Å². The number of benzene rings is 1. The van der Waals surface area contributed by atoms with Gasteiger partial charge in [0, 0.05) is 24.3 Å². The van der Waals surface area contributed by atoms with Gasteiger partial charge >= 0.3 is 0 Å². The summed E-state index contributed by atoms with van der Waals surface area (Å²) in [6.07, 6.45) is 1.60. The highest BCUT2D eigenvalue weighted by atomic mass is 35.5. The summed E-state index contributed by atoms with van der Waals surface area (Å²) in [5, 5.41) is 1.75. The van der Waals surface area contributed by atoms with Crippen LogP contribution in [0.4, 0.5) is 0 Å². The second-order valence-electron chi connectivity index (χ2n) is 3.51. The van der Waals surface area contributed by atoms with Crippen LogP contribution >= 0.6 is 11.6 Å². The molecule has 0 N–H and O–H groups in total. The average molecular weight is 274 g/mol. The Balaban J connectivity index is 2.92. The average Bonchev–Trinajstić information content (AvgIpc) is 2.31. The molecule has 0 spiro atoms. The predicted octanol–water partition coefficient (Wildman–Crippen LogP) is 2.93. The molecule has 1 rings (SSSR count). The van der Waals surface area contributed by atoms with Gasteiger partial charge in [-0.2, -0.15) is 0 Å². The Bertz CT molecular complexity index is 476. The van der Waals surface area contributed by atoms with Crippen LogP contribution in [0.2, 0.25) is 5.02 Å². The molecule has 0 radical (unpaired) electrons. The van der Waals surface area contributed by atoms with E-state index in [-0.39, 0.29) is 4.90 Å². The Morgan fingerprint density at radius 1 is 1.18 bits per heavy atom. The van der Waals surface area contributed by atoms with E-state index in [0.29, 0.717) is 5.02 Å². The largest absolute Gasteiger partial charge is 0.377 e. The molecule has 0 fully saturated rings. The van der Waals surface area contributed by atoms with Gasteiger partial charge in [-0.25, -0.2) is 8.42 Å². The van der Waals surface area contributed by atoms with Crippen molar-refractivity contribution in [3.05, 3.63) is 40.9 Å². The zero-order chi connectivity index (χ0) is 12.9. The molecule has 0 saturated heterocycles. The minimum atomic E-state index is -3.37. The van der Waals surface area contributed by atoms with Crippen LogP contribution in [0.1, 0.15) is 13.8 Å². The molecule has 0 aliphatic rings. The Hall–Kier alpha value is -1.00. The minimum absolute atomic E-state index is 0.255. The van der Waals surface area contributed by atoms with Crippen LogP contribution in [0.5, 0.6) is 0 Å². The smallest absolute Gasteiger partial charge is 0.201 e. The molecule has 3 nitrogen and oxygen atoms in total. The SMILES string of the molecule is CCN(/C=C/S(=O)(=O)c1ccc(Cl)cc1)CC. The standard InChI is InChI=1S/C12H16ClNO2S/c1-3-14(4-2)9-10-17(15,16)12-7-5-11(13)6-8-12/h5-10H,3-4H2,1-2H3/b10-9+. The van der Waals surface area contributed by atoms with Crippen molar-refractivity contribution in [3.63, 3.8) is 0 Å². The maximum atomic E-state index is 11.9. The number of sulfone groups is 1.